The van der Waals surface area contributed by atoms with Gasteiger partial charge in [-0.1, -0.05) is 48.0 Å². The molecular formula is C15H11ClO2. The van der Waals surface area contributed by atoms with E-state index < -0.39 is 0 Å². The molecule has 0 saturated carbocycles. The molecule has 0 atom stereocenters. The van der Waals surface area contributed by atoms with Crippen molar-refractivity contribution in [3.05, 3.63) is 59.1 Å². The van der Waals surface area contributed by atoms with E-state index in [2.05, 4.69) is 0 Å². The zero-order chi connectivity index (χ0) is 13.0. The molecule has 0 aromatic heterocycles. The van der Waals surface area contributed by atoms with Gasteiger partial charge < -0.3 is 5.11 Å². The Morgan fingerprint density at radius 2 is 1.89 bits per heavy atom. The average Bonchev–Trinajstić information content (AvgIpc) is 2.38. The number of aldehydes is 1. The van der Waals surface area contributed by atoms with E-state index in [-0.39, 0.29) is 5.75 Å². The van der Waals surface area contributed by atoms with Gasteiger partial charge in [-0.25, -0.2) is 0 Å². The molecule has 18 heavy (non-hydrogen) atoms. The maximum atomic E-state index is 10.3. The van der Waals surface area contributed by atoms with Crippen LogP contribution >= 0.6 is 11.6 Å². The number of phenolic OH excluding ortho intramolecular Hbond substituents is 1. The third-order valence-corrected chi connectivity index (χ3v) is 2.90. The van der Waals surface area contributed by atoms with Crippen LogP contribution in [0.1, 0.15) is 5.56 Å². The van der Waals surface area contributed by atoms with Crippen molar-refractivity contribution in [3.8, 4) is 16.9 Å². The van der Waals surface area contributed by atoms with Crippen LogP contribution in [0.15, 0.2) is 48.5 Å². The van der Waals surface area contributed by atoms with Crippen molar-refractivity contribution >= 4 is 24.0 Å². The van der Waals surface area contributed by atoms with Gasteiger partial charge in [-0.3, -0.25) is 4.79 Å². The minimum Gasteiger partial charge on any atom is -0.507 e. The molecule has 90 valence electrons. The Morgan fingerprint density at radius 3 is 2.56 bits per heavy atom. The number of benzene rings is 2. The predicted molar refractivity (Wildman–Crippen MR) is 73.7 cm³/mol. The average molecular weight is 259 g/mol. The summed E-state index contributed by atoms with van der Waals surface area (Å²) in [6.45, 7) is 0. The van der Waals surface area contributed by atoms with E-state index in [9.17, 15) is 9.90 Å². The molecule has 0 saturated heterocycles. The van der Waals surface area contributed by atoms with Crippen molar-refractivity contribution in [2.24, 2.45) is 0 Å². The number of aromatic hydroxyl groups is 1. The van der Waals surface area contributed by atoms with Crippen molar-refractivity contribution in [3.63, 3.8) is 0 Å². The molecule has 0 spiro atoms. The second-order valence-corrected chi connectivity index (χ2v) is 4.16. The molecule has 2 rings (SSSR count). The maximum Gasteiger partial charge on any atom is 0.142 e. The third kappa shape index (κ3) is 2.60. The molecule has 0 aliphatic heterocycles. The molecule has 0 amide bonds. The van der Waals surface area contributed by atoms with Crippen molar-refractivity contribution in [2.45, 2.75) is 0 Å². The van der Waals surface area contributed by atoms with Crippen molar-refractivity contribution in [1.29, 1.82) is 0 Å². The lowest BCUT2D eigenvalue weighted by Gasteiger charge is -2.06. The number of carbonyl (C=O) groups excluding carboxylic acids is 1. The molecule has 1 N–H and O–H groups in total. The molecule has 0 aliphatic rings. The molecule has 0 aliphatic carbocycles. The summed E-state index contributed by atoms with van der Waals surface area (Å²) in [6, 6.07) is 12.5. The highest BCUT2D eigenvalue weighted by atomic mass is 35.5. The van der Waals surface area contributed by atoms with Crippen LogP contribution < -0.4 is 0 Å². The van der Waals surface area contributed by atoms with Gasteiger partial charge in [0.15, 0.2) is 0 Å². The quantitative estimate of drug-likeness (QED) is 0.669. The highest BCUT2D eigenvalue weighted by Gasteiger charge is 2.05. The lowest BCUT2D eigenvalue weighted by atomic mass is 10.0. The normalized spacial score (nSPS) is 10.7. The summed E-state index contributed by atoms with van der Waals surface area (Å²) in [5.74, 6) is 0.213. The fourth-order valence-corrected chi connectivity index (χ4v) is 1.93. The second-order valence-electron chi connectivity index (χ2n) is 3.75. The SMILES string of the molecule is O=CC=Cc1ccc(-c2ccccc2O)cc1Cl. The van der Waals surface area contributed by atoms with E-state index in [1.165, 1.54) is 6.08 Å². The Kier molecular flexibility index (Phi) is 3.80. The van der Waals surface area contributed by atoms with Crippen LogP contribution in [-0.2, 0) is 4.79 Å². The van der Waals surface area contributed by atoms with Gasteiger partial charge in [-0.2, -0.15) is 0 Å². The number of allylic oxidation sites excluding steroid dienone is 1. The topological polar surface area (TPSA) is 37.3 Å². The Bertz CT molecular complexity index is 603. The molecule has 3 heteroatoms. The second kappa shape index (κ2) is 5.52. The summed E-state index contributed by atoms with van der Waals surface area (Å²) in [4.78, 5) is 10.3. The predicted octanol–water partition coefficient (Wildman–Crippen LogP) is 3.92. The van der Waals surface area contributed by atoms with E-state index in [4.69, 9.17) is 11.6 Å². The van der Waals surface area contributed by atoms with Crippen LogP contribution in [0.3, 0.4) is 0 Å². The summed E-state index contributed by atoms with van der Waals surface area (Å²) in [7, 11) is 0. The Morgan fingerprint density at radius 1 is 1.11 bits per heavy atom. The lowest BCUT2D eigenvalue weighted by molar-refractivity contribution is -0.104. The first-order chi connectivity index (χ1) is 8.72. The fraction of sp³-hybridized carbons (Fsp3) is 0. The van der Waals surface area contributed by atoms with E-state index in [1.54, 1.807) is 24.3 Å². The molecule has 0 radical (unpaired) electrons. The molecule has 2 aromatic rings. The Balaban J connectivity index is 2.43. The summed E-state index contributed by atoms with van der Waals surface area (Å²) in [6.07, 6.45) is 3.73. The van der Waals surface area contributed by atoms with Gasteiger partial charge in [-0.05, 0) is 29.3 Å². The van der Waals surface area contributed by atoms with Gasteiger partial charge in [0.25, 0.3) is 0 Å². The van der Waals surface area contributed by atoms with Crippen molar-refractivity contribution in [2.75, 3.05) is 0 Å². The lowest BCUT2D eigenvalue weighted by Crippen LogP contribution is -1.82. The van der Waals surface area contributed by atoms with E-state index in [0.717, 1.165) is 16.7 Å². The molecule has 0 unspecified atom stereocenters. The Labute approximate surface area is 110 Å². The number of phenols is 1. The largest absolute Gasteiger partial charge is 0.507 e. The van der Waals surface area contributed by atoms with Gasteiger partial charge in [0.05, 0.1) is 0 Å². The fourth-order valence-electron chi connectivity index (χ4n) is 1.69. The van der Waals surface area contributed by atoms with E-state index in [1.807, 2.05) is 24.3 Å². The highest BCUT2D eigenvalue weighted by Crippen LogP contribution is 2.31. The minimum absolute atomic E-state index is 0.213. The first kappa shape index (κ1) is 12.4. The van der Waals surface area contributed by atoms with Gasteiger partial charge in [0.1, 0.15) is 12.0 Å². The van der Waals surface area contributed by atoms with Crippen LogP contribution in [0, 0.1) is 0 Å². The molecular weight excluding hydrogens is 248 g/mol. The first-order valence-electron chi connectivity index (χ1n) is 5.42. The van der Waals surface area contributed by atoms with Crippen LogP contribution in [0.4, 0.5) is 0 Å². The molecule has 0 fully saturated rings. The zero-order valence-electron chi connectivity index (χ0n) is 9.51. The van der Waals surface area contributed by atoms with Crippen LogP contribution in [-0.4, -0.2) is 11.4 Å². The minimum atomic E-state index is 0.213. The van der Waals surface area contributed by atoms with Gasteiger partial charge in [-0.15, -0.1) is 0 Å². The first-order valence-corrected chi connectivity index (χ1v) is 5.80. The standard InChI is InChI=1S/C15H11ClO2/c16-14-10-12(8-7-11(14)4-3-9-17)13-5-1-2-6-15(13)18/h1-10,18H. The van der Waals surface area contributed by atoms with E-state index >= 15 is 0 Å². The number of para-hydroxylation sites is 1. The number of rotatable bonds is 3. The molecule has 2 nitrogen and oxygen atoms in total. The van der Waals surface area contributed by atoms with Crippen LogP contribution in [0.2, 0.25) is 5.02 Å². The number of hydrogen-bond donors (Lipinski definition) is 1. The van der Waals surface area contributed by atoms with Crippen molar-refractivity contribution in [1.82, 2.24) is 0 Å². The Hall–Kier alpha value is -2.06. The monoisotopic (exact) mass is 258 g/mol. The third-order valence-electron chi connectivity index (χ3n) is 2.57. The van der Waals surface area contributed by atoms with Gasteiger partial charge >= 0.3 is 0 Å². The molecule has 2 aromatic carbocycles. The maximum absolute atomic E-state index is 10.3. The number of hydrogen-bond acceptors (Lipinski definition) is 2. The molecule has 0 heterocycles. The van der Waals surface area contributed by atoms with Crippen LogP contribution in [0.5, 0.6) is 5.75 Å². The number of carbonyl (C=O) groups is 1. The highest BCUT2D eigenvalue weighted by molar-refractivity contribution is 6.32. The zero-order valence-corrected chi connectivity index (χ0v) is 10.3. The van der Waals surface area contributed by atoms with Crippen molar-refractivity contribution < 1.29 is 9.90 Å². The summed E-state index contributed by atoms with van der Waals surface area (Å²) in [5.41, 5.74) is 2.33. The van der Waals surface area contributed by atoms with Crippen LogP contribution in [0.25, 0.3) is 17.2 Å². The van der Waals surface area contributed by atoms with Gasteiger partial charge in [0, 0.05) is 10.6 Å². The summed E-state index contributed by atoms with van der Waals surface area (Å²) in [5, 5.41) is 10.3. The summed E-state index contributed by atoms with van der Waals surface area (Å²) >= 11 is 6.12. The molecule has 0 bridgehead atoms. The summed E-state index contributed by atoms with van der Waals surface area (Å²) < 4.78 is 0. The smallest absolute Gasteiger partial charge is 0.142 e. The van der Waals surface area contributed by atoms with Gasteiger partial charge in [0.2, 0.25) is 0 Å². The number of halogens is 1. The van der Waals surface area contributed by atoms with E-state index in [0.29, 0.717) is 11.3 Å².